The number of rotatable bonds is 5. The Hall–Kier alpha value is -3.60. The lowest BCUT2D eigenvalue weighted by Crippen LogP contribution is -2.24. The molecule has 2 atom stereocenters. The highest BCUT2D eigenvalue weighted by molar-refractivity contribution is 6.05. The van der Waals surface area contributed by atoms with Crippen LogP contribution in [0.15, 0.2) is 78.9 Å². The SMILES string of the molecule is O=C(O)NC1CC1c1ccc(NC(=O)c2cccc(-c3ccccc3)c2)cc1. The summed E-state index contributed by atoms with van der Waals surface area (Å²) in [4.78, 5) is 23.3. The van der Waals surface area contributed by atoms with Crippen LogP contribution in [-0.4, -0.2) is 23.1 Å². The summed E-state index contributed by atoms with van der Waals surface area (Å²) in [5.41, 5.74) is 4.44. The highest BCUT2D eigenvalue weighted by atomic mass is 16.4. The minimum atomic E-state index is -0.992. The minimum Gasteiger partial charge on any atom is -0.465 e. The number of anilines is 1. The van der Waals surface area contributed by atoms with E-state index in [0.29, 0.717) is 11.3 Å². The molecule has 3 N–H and O–H groups in total. The zero-order chi connectivity index (χ0) is 19.5. The number of benzene rings is 3. The van der Waals surface area contributed by atoms with E-state index in [1.165, 1.54) is 0 Å². The van der Waals surface area contributed by atoms with Crippen molar-refractivity contribution in [2.24, 2.45) is 0 Å². The second-order valence-corrected chi connectivity index (χ2v) is 6.92. The zero-order valence-corrected chi connectivity index (χ0v) is 15.1. The van der Waals surface area contributed by atoms with E-state index < -0.39 is 6.09 Å². The lowest BCUT2D eigenvalue weighted by Gasteiger charge is -2.08. The van der Waals surface area contributed by atoms with Crippen molar-refractivity contribution in [1.29, 1.82) is 0 Å². The van der Waals surface area contributed by atoms with Crippen LogP contribution in [0.4, 0.5) is 10.5 Å². The van der Waals surface area contributed by atoms with Crippen LogP contribution in [0, 0.1) is 0 Å². The molecule has 1 aliphatic carbocycles. The molecule has 140 valence electrons. The lowest BCUT2D eigenvalue weighted by atomic mass is 10.0. The summed E-state index contributed by atoms with van der Waals surface area (Å²) < 4.78 is 0. The van der Waals surface area contributed by atoms with Gasteiger partial charge < -0.3 is 15.7 Å². The summed E-state index contributed by atoms with van der Waals surface area (Å²) in [6, 6.07) is 25.0. The average molecular weight is 372 g/mol. The molecule has 28 heavy (non-hydrogen) atoms. The van der Waals surface area contributed by atoms with Gasteiger partial charge in [0.25, 0.3) is 5.91 Å². The van der Waals surface area contributed by atoms with E-state index in [1.807, 2.05) is 72.8 Å². The molecule has 0 saturated heterocycles. The van der Waals surface area contributed by atoms with Crippen molar-refractivity contribution in [3.8, 4) is 11.1 Å². The summed E-state index contributed by atoms with van der Waals surface area (Å²) in [6.07, 6.45) is -0.182. The van der Waals surface area contributed by atoms with Gasteiger partial charge in [0.05, 0.1) is 0 Å². The molecule has 5 nitrogen and oxygen atoms in total. The summed E-state index contributed by atoms with van der Waals surface area (Å²) in [5, 5.41) is 14.2. The summed E-state index contributed by atoms with van der Waals surface area (Å²) in [6.45, 7) is 0. The second kappa shape index (κ2) is 7.56. The molecule has 0 heterocycles. The summed E-state index contributed by atoms with van der Waals surface area (Å²) in [5.74, 6) is 0.0470. The lowest BCUT2D eigenvalue weighted by molar-refractivity contribution is 0.102. The molecule has 5 heteroatoms. The topological polar surface area (TPSA) is 78.4 Å². The van der Waals surface area contributed by atoms with E-state index in [-0.39, 0.29) is 17.9 Å². The van der Waals surface area contributed by atoms with Crippen LogP contribution in [0.25, 0.3) is 11.1 Å². The van der Waals surface area contributed by atoms with Crippen molar-refractivity contribution in [2.45, 2.75) is 18.4 Å². The Labute approximate surface area is 163 Å². The number of nitrogens with one attached hydrogen (secondary N) is 2. The first-order chi connectivity index (χ1) is 13.6. The van der Waals surface area contributed by atoms with Crippen LogP contribution in [0.5, 0.6) is 0 Å². The van der Waals surface area contributed by atoms with Crippen LogP contribution in [0.2, 0.25) is 0 Å². The predicted molar refractivity (Wildman–Crippen MR) is 109 cm³/mol. The number of carbonyl (C=O) groups excluding carboxylic acids is 1. The van der Waals surface area contributed by atoms with Gasteiger partial charge in [0, 0.05) is 23.2 Å². The van der Waals surface area contributed by atoms with E-state index in [1.54, 1.807) is 6.07 Å². The van der Waals surface area contributed by atoms with Crippen LogP contribution >= 0.6 is 0 Å². The molecule has 3 aromatic carbocycles. The first-order valence-corrected chi connectivity index (χ1v) is 9.16. The molecular formula is C23H20N2O3. The standard InChI is InChI=1S/C23H20N2O3/c26-22(18-8-4-7-17(13-18)15-5-2-1-3-6-15)24-19-11-9-16(10-12-19)20-14-21(20)25-23(27)28/h1-13,20-21,25H,14H2,(H,24,26)(H,27,28). The van der Waals surface area contributed by atoms with Crippen molar-refractivity contribution >= 4 is 17.7 Å². The van der Waals surface area contributed by atoms with Crippen LogP contribution in [0.1, 0.15) is 28.3 Å². The van der Waals surface area contributed by atoms with E-state index in [0.717, 1.165) is 23.1 Å². The summed E-state index contributed by atoms with van der Waals surface area (Å²) >= 11 is 0. The average Bonchev–Trinajstić information content (AvgIpc) is 3.47. The molecule has 0 bridgehead atoms. The molecule has 1 saturated carbocycles. The maximum Gasteiger partial charge on any atom is 0.404 e. The van der Waals surface area contributed by atoms with Gasteiger partial charge in [-0.25, -0.2) is 4.79 Å². The first kappa shape index (κ1) is 17.8. The quantitative estimate of drug-likeness (QED) is 0.606. The van der Waals surface area contributed by atoms with Gasteiger partial charge in [0.2, 0.25) is 0 Å². The monoisotopic (exact) mass is 372 g/mol. The number of hydrogen-bond donors (Lipinski definition) is 3. The third kappa shape index (κ3) is 4.04. The van der Waals surface area contributed by atoms with E-state index >= 15 is 0 Å². The molecule has 3 aromatic rings. The molecule has 1 aliphatic rings. The van der Waals surface area contributed by atoms with Crippen molar-refractivity contribution < 1.29 is 14.7 Å². The summed E-state index contributed by atoms with van der Waals surface area (Å²) in [7, 11) is 0. The number of carbonyl (C=O) groups is 2. The van der Waals surface area contributed by atoms with Crippen molar-refractivity contribution in [2.75, 3.05) is 5.32 Å². The molecule has 0 aliphatic heterocycles. The van der Waals surface area contributed by atoms with Crippen molar-refractivity contribution in [3.63, 3.8) is 0 Å². The molecule has 2 unspecified atom stereocenters. The van der Waals surface area contributed by atoms with Crippen LogP contribution in [0.3, 0.4) is 0 Å². The Morgan fingerprint density at radius 3 is 2.29 bits per heavy atom. The Bertz CT molecular complexity index is 1000. The number of carboxylic acid groups (broad SMARTS) is 1. The maximum absolute atomic E-state index is 12.6. The van der Waals surface area contributed by atoms with Gasteiger partial charge >= 0.3 is 6.09 Å². The molecule has 0 aromatic heterocycles. The van der Waals surface area contributed by atoms with E-state index in [2.05, 4.69) is 10.6 Å². The van der Waals surface area contributed by atoms with Gasteiger partial charge in [0.15, 0.2) is 0 Å². The normalized spacial score (nSPS) is 17.6. The first-order valence-electron chi connectivity index (χ1n) is 9.16. The fourth-order valence-electron chi connectivity index (χ4n) is 3.37. The third-order valence-corrected chi connectivity index (χ3v) is 4.93. The molecule has 0 spiro atoms. The fourth-order valence-corrected chi connectivity index (χ4v) is 3.37. The minimum absolute atomic E-state index is 0.0151. The van der Waals surface area contributed by atoms with Crippen molar-refractivity contribution in [1.82, 2.24) is 5.32 Å². The number of amides is 2. The van der Waals surface area contributed by atoms with Gasteiger partial charge in [-0.3, -0.25) is 4.79 Å². The zero-order valence-electron chi connectivity index (χ0n) is 15.1. The van der Waals surface area contributed by atoms with Gasteiger partial charge in [-0.15, -0.1) is 0 Å². The second-order valence-electron chi connectivity index (χ2n) is 6.92. The smallest absolute Gasteiger partial charge is 0.404 e. The Morgan fingerprint density at radius 1 is 0.857 bits per heavy atom. The Balaban J connectivity index is 1.42. The molecule has 1 fully saturated rings. The van der Waals surface area contributed by atoms with Gasteiger partial charge in [-0.05, 0) is 47.4 Å². The molecule has 2 amide bonds. The largest absolute Gasteiger partial charge is 0.465 e. The predicted octanol–water partition coefficient (Wildman–Crippen LogP) is 4.73. The maximum atomic E-state index is 12.6. The molecule has 0 radical (unpaired) electrons. The highest BCUT2D eigenvalue weighted by Crippen LogP contribution is 2.41. The molecule has 4 rings (SSSR count). The highest BCUT2D eigenvalue weighted by Gasteiger charge is 2.39. The Morgan fingerprint density at radius 2 is 1.57 bits per heavy atom. The van der Waals surface area contributed by atoms with Crippen molar-refractivity contribution in [3.05, 3.63) is 90.0 Å². The van der Waals surface area contributed by atoms with E-state index in [9.17, 15) is 9.59 Å². The van der Waals surface area contributed by atoms with E-state index in [4.69, 9.17) is 5.11 Å². The Kier molecular flexibility index (Phi) is 4.81. The molecular weight excluding hydrogens is 352 g/mol. The van der Waals surface area contributed by atoms with Crippen LogP contribution < -0.4 is 10.6 Å². The number of hydrogen-bond acceptors (Lipinski definition) is 2. The van der Waals surface area contributed by atoms with Gasteiger partial charge in [-0.2, -0.15) is 0 Å². The third-order valence-electron chi connectivity index (χ3n) is 4.93. The fraction of sp³-hybridized carbons (Fsp3) is 0.130. The van der Waals surface area contributed by atoms with Gasteiger partial charge in [-0.1, -0.05) is 54.6 Å². The van der Waals surface area contributed by atoms with Gasteiger partial charge in [0.1, 0.15) is 0 Å². The van der Waals surface area contributed by atoms with Crippen LogP contribution in [-0.2, 0) is 0 Å².